The Hall–Kier alpha value is -0.725. The van der Waals surface area contributed by atoms with Crippen LogP contribution < -0.4 is 5.59 Å². The molecule has 0 amide bonds. The maximum absolute atomic E-state index is 5.20. The van der Waals surface area contributed by atoms with E-state index in [2.05, 4.69) is 5.16 Å². The molecule has 1 radical (unpaired) electrons. The molecule has 0 atom stereocenters. The van der Waals surface area contributed by atoms with Crippen LogP contribution in [0.1, 0.15) is 24.2 Å². The Balaban J connectivity index is 2.38. The number of nitrogens with zero attached hydrogens (tertiary/aromatic N) is 1. The molecule has 0 saturated carbocycles. The van der Waals surface area contributed by atoms with Crippen molar-refractivity contribution in [2.75, 3.05) is 0 Å². The topological polar surface area (TPSA) is 26.0 Å². The standard InChI is InChI=1S/C8H11BNO/c1-9-8-6-4-2-3-5-7(6)11-10-8/h2-5H2,1H3. The van der Waals surface area contributed by atoms with Crippen LogP contribution in [0.25, 0.3) is 0 Å². The number of hydrogen-bond donors (Lipinski definition) is 0. The van der Waals surface area contributed by atoms with Crippen molar-refractivity contribution in [1.29, 1.82) is 0 Å². The van der Waals surface area contributed by atoms with Gasteiger partial charge in [-0.1, -0.05) is 12.0 Å². The molecule has 0 bridgehead atoms. The van der Waals surface area contributed by atoms with Gasteiger partial charge >= 0.3 is 0 Å². The van der Waals surface area contributed by atoms with E-state index in [0.29, 0.717) is 0 Å². The smallest absolute Gasteiger partial charge is 0.179 e. The molecule has 1 aromatic rings. The summed E-state index contributed by atoms with van der Waals surface area (Å²) in [5.41, 5.74) is 2.40. The fourth-order valence-electron chi connectivity index (χ4n) is 1.64. The fraction of sp³-hybridized carbons (Fsp3) is 0.625. The first kappa shape index (κ1) is 6.95. The van der Waals surface area contributed by atoms with E-state index in [4.69, 9.17) is 4.52 Å². The monoisotopic (exact) mass is 148 g/mol. The third kappa shape index (κ3) is 1.08. The summed E-state index contributed by atoms with van der Waals surface area (Å²) < 4.78 is 5.20. The predicted octanol–water partition coefficient (Wildman–Crippen LogP) is 0.931. The minimum Gasteiger partial charge on any atom is -0.362 e. The van der Waals surface area contributed by atoms with Gasteiger partial charge < -0.3 is 4.52 Å². The van der Waals surface area contributed by atoms with E-state index >= 15 is 0 Å². The first-order valence-electron chi connectivity index (χ1n) is 4.18. The molecule has 1 aliphatic rings. The Morgan fingerprint density at radius 1 is 1.36 bits per heavy atom. The largest absolute Gasteiger partial charge is 0.362 e. The molecule has 1 aliphatic carbocycles. The summed E-state index contributed by atoms with van der Waals surface area (Å²) >= 11 is 0. The Morgan fingerprint density at radius 2 is 2.18 bits per heavy atom. The van der Waals surface area contributed by atoms with Gasteiger partial charge in [-0.05, 0) is 19.3 Å². The molecule has 0 saturated heterocycles. The molecule has 0 N–H and O–H groups in total. The highest BCUT2D eigenvalue weighted by Gasteiger charge is 2.17. The van der Waals surface area contributed by atoms with Crippen molar-refractivity contribution in [2.45, 2.75) is 32.5 Å². The fourth-order valence-corrected chi connectivity index (χ4v) is 1.64. The normalized spacial score (nSPS) is 16.1. The predicted molar refractivity (Wildman–Crippen MR) is 44.4 cm³/mol. The van der Waals surface area contributed by atoms with Gasteiger partial charge in [0.2, 0.25) is 0 Å². The molecule has 1 heterocycles. The van der Waals surface area contributed by atoms with Crippen LogP contribution in [0.15, 0.2) is 4.52 Å². The molecule has 2 rings (SSSR count). The molecule has 11 heavy (non-hydrogen) atoms. The molecular formula is C8H11BNO. The lowest BCUT2D eigenvalue weighted by atomic mass is 9.74. The van der Waals surface area contributed by atoms with Crippen molar-refractivity contribution < 1.29 is 4.52 Å². The van der Waals surface area contributed by atoms with E-state index in [-0.39, 0.29) is 0 Å². The third-order valence-electron chi connectivity index (χ3n) is 2.25. The second-order valence-corrected chi connectivity index (χ2v) is 2.97. The lowest BCUT2D eigenvalue weighted by molar-refractivity contribution is 0.375. The van der Waals surface area contributed by atoms with Crippen LogP contribution in [0, 0.1) is 0 Å². The number of hydrogen-bond acceptors (Lipinski definition) is 2. The summed E-state index contributed by atoms with van der Waals surface area (Å²) in [7, 11) is 2.02. The zero-order valence-corrected chi connectivity index (χ0v) is 6.76. The van der Waals surface area contributed by atoms with Crippen molar-refractivity contribution in [3.8, 4) is 0 Å². The van der Waals surface area contributed by atoms with Crippen molar-refractivity contribution in [1.82, 2.24) is 5.16 Å². The summed E-state index contributed by atoms with van der Waals surface area (Å²) in [6, 6.07) is 0. The Labute approximate surface area is 67.2 Å². The summed E-state index contributed by atoms with van der Waals surface area (Å²) in [5.74, 6) is 1.12. The van der Waals surface area contributed by atoms with Gasteiger partial charge in [0.15, 0.2) is 7.28 Å². The SMILES string of the molecule is C[B]c1noc2c1CCCC2. The van der Waals surface area contributed by atoms with Gasteiger partial charge in [0.1, 0.15) is 5.76 Å². The van der Waals surface area contributed by atoms with E-state index in [9.17, 15) is 0 Å². The summed E-state index contributed by atoms with van der Waals surface area (Å²) in [6.07, 6.45) is 4.77. The molecular weight excluding hydrogens is 137 g/mol. The zero-order chi connectivity index (χ0) is 7.68. The number of aromatic nitrogens is 1. The highest BCUT2D eigenvalue weighted by molar-refractivity contribution is 6.51. The van der Waals surface area contributed by atoms with Gasteiger partial charge in [-0.3, -0.25) is 0 Å². The average molecular weight is 148 g/mol. The van der Waals surface area contributed by atoms with Crippen molar-refractivity contribution in [2.24, 2.45) is 0 Å². The van der Waals surface area contributed by atoms with Crippen LogP contribution in [0.2, 0.25) is 6.82 Å². The summed E-state index contributed by atoms with van der Waals surface area (Å²) in [5, 5.41) is 3.99. The van der Waals surface area contributed by atoms with Crippen molar-refractivity contribution in [3.63, 3.8) is 0 Å². The van der Waals surface area contributed by atoms with Crippen molar-refractivity contribution >= 4 is 12.9 Å². The van der Waals surface area contributed by atoms with E-state index in [1.54, 1.807) is 0 Å². The van der Waals surface area contributed by atoms with Gasteiger partial charge in [-0.2, -0.15) is 0 Å². The Morgan fingerprint density at radius 3 is 3.00 bits per heavy atom. The van der Waals surface area contributed by atoms with Crippen LogP contribution in [-0.4, -0.2) is 12.4 Å². The third-order valence-corrected chi connectivity index (χ3v) is 2.25. The lowest BCUT2D eigenvalue weighted by Crippen LogP contribution is -2.18. The molecule has 0 fully saturated rings. The minimum atomic E-state index is 1.06. The van der Waals surface area contributed by atoms with E-state index in [0.717, 1.165) is 24.2 Å². The van der Waals surface area contributed by atoms with E-state index in [1.807, 2.05) is 14.1 Å². The van der Waals surface area contributed by atoms with Gasteiger partial charge in [-0.15, -0.1) is 0 Å². The first-order chi connectivity index (χ1) is 5.42. The van der Waals surface area contributed by atoms with Crippen LogP contribution >= 0.6 is 0 Å². The van der Waals surface area contributed by atoms with Gasteiger partial charge in [0, 0.05) is 17.6 Å². The van der Waals surface area contributed by atoms with Crippen LogP contribution in [0.5, 0.6) is 0 Å². The number of fused-ring (bicyclic) bond motifs is 1. The molecule has 0 aliphatic heterocycles. The molecule has 0 unspecified atom stereocenters. The lowest BCUT2D eigenvalue weighted by Gasteiger charge is -2.07. The van der Waals surface area contributed by atoms with Crippen LogP contribution in [-0.2, 0) is 12.8 Å². The van der Waals surface area contributed by atoms with Gasteiger partial charge in [0.25, 0.3) is 0 Å². The molecule has 57 valence electrons. The van der Waals surface area contributed by atoms with Gasteiger partial charge in [-0.25, -0.2) is 0 Å². The quantitative estimate of drug-likeness (QED) is 0.553. The van der Waals surface area contributed by atoms with Crippen LogP contribution in [0.4, 0.5) is 0 Å². The van der Waals surface area contributed by atoms with E-state index < -0.39 is 0 Å². The van der Waals surface area contributed by atoms with Crippen molar-refractivity contribution in [3.05, 3.63) is 11.3 Å². The van der Waals surface area contributed by atoms with E-state index in [1.165, 1.54) is 18.4 Å². The Kier molecular flexibility index (Phi) is 1.72. The summed E-state index contributed by atoms with van der Waals surface area (Å²) in [6.45, 7) is 2.01. The molecule has 2 nitrogen and oxygen atoms in total. The molecule has 1 aromatic heterocycles. The molecule has 3 heteroatoms. The summed E-state index contributed by atoms with van der Waals surface area (Å²) in [4.78, 5) is 0. The maximum Gasteiger partial charge on any atom is 0.179 e. The van der Waals surface area contributed by atoms with Crippen LogP contribution in [0.3, 0.4) is 0 Å². The first-order valence-corrected chi connectivity index (χ1v) is 4.18. The Bertz CT molecular complexity index is 243. The average Bonchev–Trinajstić information content (AvgIpc) is 2.47. The second kappa shape index (κ2) is 2.72. The number of rotatable bonds is 1. The minimum absolute atomic E-state index is 1.06. The second-order valence-electron chi connectivity index (χ2n) is 2.97. The highest BCUT2D eigenvalue weighted by atomic mass is 16.5. The number of aryl methyl sites for hydroxylation is 1. The zero-order valence-electron chi connectivity index (χ0n) is 6.76. The molecule has 0 aromatic carbocycles. The van der Waals surface area contributed by atoms with Gasteiger partial charge in [0.05, 0.1) is 0 Å². The molecule has 0 spiro atoms. The highest BCUT2D eigenvalue weighted by Crippen LogP contribution is 2.18. The maximum atomic E-state index is 5.20.